The van der Waals surface area contributed by atoms with Gasteiger partial charge in [0.05, 0.1) is 26.3 Å². The van der Waals surface area contributed by atoms with Gasteiger partial charge in [-0.2, -0.15) is 0 Å². The van der Waals surface area contributed by atoms with E-state index in [2.05, 4.69) is 9.47 Å². The van der Waals surface area contributed by atoms with E-state index in [1.807, 2.05) is 6.92 Å². The minimum atomic E-state index is -2.28. The average Bonchev–Trinajstić information content (AvgIpc) is 2.81. The number of aromatic nitrogens is 3. The van der Waals surface area contributed by atoms with E-state index in [0.717, 1.165) is 11.7 Å². The average molecular weight is 477 g/mol. The lowest BCUT2D eigenvalue weighted by atomic mass is 10.2. The molecule has 1 heterocycles. The Morgan fingerprint density at radius 2 is 1.30 bits per heavy atom. The SMILES string of the molecule is CCCCn1c(=O)n(CC(O)CC)c(=O)n(CC(O)COC(=O)C(O)C(O)C(=O)OC)c1=O. The second kappa shape index (κ2) is 13.0. The number of aliphatic hydroxyl groups excluding tert-OH is 4. The summed E-state index contributed by atoms with van der Waals surface area (Å²) >= 11 is 0. The normalized spacial score (nSPS) is 14.9. The number of aliphatic hydroxyl groups is 4. The fourth-order valence-electron chi connectivity index (χ4n) is 2.75. The van der Waals surface area contributed by atoms with Crippen molar-refractivity contribution < 1.29 is 39.5 Å². The predicted molar refractivity (Wildman–Crippen MR) is 111 cm³/mol. The second-order valence-electron chi connectivity index (χ2n) is 7.33. The Hall–Kier alpha value is -2.81. The number of rotatable bonds is 13. The first-order valence-electron chi connectivity index (χ1n) is 10.4. The second-order valence-corrected chi connectivity index (χ2v) is 7.33. The van der Waals surface area contributed by atoms with Crippen molar-refractivity contribution in [1.82, 2.24) is 13.7 Å². The molecule has 0 saturated carbocycles. The maximum absolute atomic E-state index is 12.7. The molecule has 188 valence electrons. The number of methoxy groups -OCH3 is 1. The third kappa shape index (κ3) is 7.35. The van der Waals surface area contributed by atoms with Crippen molar-refractivity contribution in [3.05, 3.63) is 31.5 Å². The third-order valence-electron chi connectivity index (χ3n) is 4.78. The lowest BCUT2D eigenvalue weighted by Crippen LogP contribution is -2.56. The summed E-state index contributed by atoms with van der Waals surface area (Å²) in [7, 11) is 0.928. The van der Waals surface area contributed by atoms with Crippen molar-refractivity contribution >= 4 is 11.9 Å². The fourth-order valence-corrected chi connectivity index (χ4v) is 2.75. The van der Waals surface area contributed by atoms with Crippen LogP contribution < -0.4 is 17.1 Å². The largest absolute Gasteiger partial charge is 0.467 e. The molecular weight excluding hydrogens is 446 g/mol. The van der Waals surface area contributed by atoms with Crippen molar-refractivity contribution in [2.45, 2.75) is 77.2 Å². The number of unbranched alkanes of at least 4 members (excludes halogenated alkanes) is 1. The molecule has 4 atom stereocenters. The highest BCUT2D eigenvalue weighted by atomic mass is 16.6. The lowest BCUT2D eigenvalue weighted by Gasteiger charge is -2.18. The van der Waals surface area contributed by atoms with Crippen molar-refractivity contribution in [1.29, 1.82) is 0 Å². The maximum atomic E-state index is 12.7. The Morgan fingerprint density at radius 3 is 1.79 bits per heavy atom. The number of carbonyl (C=O) groups is 2. The predicted octanol–water partition coefficient (Wildman–Crippen LogP) is -3.46. The molecule has 0 radical (unpaired) electrons. The number of esters is 2. The molecular formula is C19H31N3O11. The first-order valence-corrected chi connectivity index (χ1v) is 10.4. The minimum Gasteiger partial charge on any atom is -0.467 e. The van der Waals surface area contributed by atoms with E-state index in [1.165, 1.54) is 0 Å². The Kier molecular flexibility index (Phi) is 11.1. The fraction of sp³-hybridized carbons (Fsp3) is 0.737. The zero-order valence-electron chi connectivity index (χ0n) is 18.7. The van der Waals surface area contributed by atoms with E-state index in [4.69, 9.17) is 0 Å². The maximum Gasteiger partial charge on any atom is 0.338 e. The molecule has 0 aliphatic carbocycles. The summed E-state index contributed by atoms with van der Waals surface area (Å²) in [6.07, 6.45) is -5.76. The molecule has 0 aromatic carbocycles. The van der Waals surface area contributed by atoms with Gasteiger partial charge in [0, 0.05) is 6.54 Å². The summed E-state index contributed by atoms with van der Waals surface area (Å²) in [5.41, 5.74) is -2.92. The smallest absolute Gasteiger partial charge is 0.338 e. The van der Waals surface area contributed by atoms with Gasteiger partial charge < -0.3 is 29.9 Å². The third-order valence-corrected chi connectivity index (χ3v) is 4.78. The summed E-state index contributed by atoms with van der Waals surface area (Å²) < 4.78 is 10.9. The summed E-state index contributed by atoms with van der Waals surface area (Å²) in [5, 5.41) is 39.1. The van der Waals surface area contributed by atoms with E-state index in [0.29, 0.717) is 22.0 Å². The monoisotopic (exact) mass is 477 g/mol. The molecule has 0 aliphatic heterocycles. The number of ether oxygens (including phenoxy) is 2. The molecule has 14 heteroatoms. The molecule has 0 spiro atoms. The van der Waals surface area contributed by atoms with Crippen LogP contribution in [0.4, 0.5) is 0 Å². The van der Waals surface area contributed by atoms with Crippen LogP contribution in [0.5, 0.6) is 0 Å². The summed E-state index contributed by atoms with van der Waals surface area (Å²) in [4.78, 5) is 61.0. The van der Waals surface area contributed by atoms with E-state index in [1.54, 1.807) is 6.92 Å². The molecule has 4 unspecified atom stereocenters. The standard InChI is InChI=1S/C19H31N3O11/c1-4-6-7-20-17(29)21(8-11(23)5-2)19(31)22(18(20)30)9-12(24)10-33-16(28)14(26)13(25)15(27)32-3/h11-14,23-26H,4-10H2,1-3H3. The van der Waals surface area contributed by atoms with Crippen molar-refractivity contribution in [2.75, 3.05) is 13.7 Å². The zero-order valence-corrected chi connectivity index (χ0v) is 18.7. The van der Waals surface area contributed by atoms with Crippen LogP contribution in [0.15, 0.2) is 14.4 Å². The number of nitrogens with zero attached hydrogens (tertiary/aromatic N) is 3. The highest BCUT2D eigenvalue weighted by Crippen LogP contribution is 2.01. The topological polar surface area (TPSA) is 200 Å². The van der Waals surface area contributed by atoms with Gasteiger partial charge in [-0.05, 0) is 12.8 Å². The van der Waals surface area contributed by atoms with E-state index >= 15 is 0 Å². The van der Waals surface area contributed by atoms with Gasteiger partial charge in [-0.3, -0.25) is 0 Å². The molecule has 0 saturated heterocycles. The van der Waals surface area contributed by atoms with Gasteiger partial charge in [-0.1, -0.05) is 20.3 Å². The van der Waals surface area contributed by atoms with Gasteiger partial charge in [0.1, 0.15) is 12.7 Å². The van der Waals surface area contributed by atoms with Crippen LogP contribution in [0.1, 0.15) is 33.1 Å². The number of hydrogen-bond donors (Lipinski definition) is 4. The van der Waals surface area contributed by atoms with Crippen molar-refractivity contribution in [2.24, 2.45) is 0 Å². The molecule has 0 bridgehead atoms. The van der Waals surface area contributed by atoms with E-state index in [9.17, 15) is 44.4 Å². The Labute approximate surface area is 188 Å². The molecule has 33 heavy (non-hydrogen) atoms. The van der Waals surface area contributed by atoms with Crippen LogP contribution in [-0.4, -0.2) is 84.2 Å². The van der Waals surface area contributed by atoms with Crippen LogP contribution in [0, 0.1) is 0 Å². The number of carbonyl (C=O) groups excluding carboxylic acids is 2. The molecule has 1 aromatic rings. The van der Waals surface area contributed by atoms with Crippen LogP contribution in [-0.2, 0) is 38.7 Å². The molecule has 0 aliphatic rings. The van der Waals surface area contributed by atoms with Crippen LogP contribution in [0.3, 0.4) is 0 Å². The molecule has 1 rings (SSSR count). The minimum absolute atomic E-state index is 0.0133. The highest BCUT2D eigenvalue weighted by molar-refractivity contribution is 5.85. The van der Waals surface area contributed by atoms with Gasteiger partial charge in [-0.25, -0.2) is 37.7 Å². The van der Waals surface area contributed by atoms with Crippen molar-refractivity contribution in [3.63, 3.8) is 0 Å². The van der Waals surface area contributed by atoms with Crippen LogP contribution >= 0.6 is 0 Å². The molecule has 4 N–H and O–H groups in total. The van der Waals surface area contributed by atoms with Gasteiger partial charge in [0.2, 0.25) is 0 Å². The lowest BCUT2D eigenvalue weighted by molar-refractivity contribution is -0.173. The van der Waals surface area contributed by atoms with E-state index < -0.39 is 66.6 Å². The zero-order chi connectivity index (χ0) is 25.3. The van der Waals surface area contributed by atoms with Gasteiger partial charge in [-0.15, -0.1) is 0 Å². The first kappa shape index (κ1) is 28.2. The first-order chi connectivity index (χ1) is 15.5. The van der Waals surface area contributed by atoms with Crippen molar-refractivity contribution in [3.8, 4) is 0 Å². The Balaban J connectivity index is 3.12. The van der Waals surface area contributed by atoms with E-state index in [-0.39, 0.29) is 19.5 Å². The Morgan fingerprint density at radius 1 is 0.818 bits per heavy atom. The summed E-state index contributed by atoms with van der Waals surface area (Å²) in [6.45, 7) is 1.66. The Bertz CT molecular complexity index is 981. The molecule has 0 amide bonds. The van der Waals surface area contributed by atoms with Crippen LogP contribution in [0.2, 0.25) is 0 Å². The van der Waals surface area contributed by atoms with Gasteiger partial charge >= 0.3 is 29.0 Å². The van der Waals surface area contributed by atoms with Crippen LogP contribution in [0.25, 0.3) is 0 Å². The number of hydrogen-bond acceptors (Lipinski definition) is 11. The van der Waals surface area contributed by atoms with Gasteiger partial charge in [0.15, 0.2) is 12.2 Å². The van der Waals surface area contributed by atoms with Gasteiger partial charge in [0.25, 0.3) is 0 Å². The molecule has 1 aromatic heterocycles. The molecule has 14 nitrogen and oxygen atoms in total. The quantitative estimate of drug-likeness (QED) is 0.206. The summed E-state index contributed by atoms with van der Waals surface area (Å²) in [5.74, 6) is -2.73. The highest BCUT2D eigenvalue weighted by Gasteiger charge is 2.32. The molecule has 0 fully saturated rings. The summed E-state index contributed by atoms with van der Waals surface area (Å²) in [6, 6.07) is 0.